The lowest BCUT2D eigenvalue weighted by molar-refractivity contribution is 0.272. The van der Waals surface area contributed by atoms with Crippen molar-refractivity contribution in [2.75, 3.05) is 7.11 Å². The summed E-state index contributed by atoms with van der Waals surface area (Å²) in [6.07, 6.45) is 4.88. The van der Waals surface area contributed by atoms with E-state index in [1.165, 1.54) is 7.11 Å². The lowest BCUT2D eigenvalue weighted by Gasteiger charge is -2.08. The van der Waals surface area contributed by atoms with Gasteiger partial charge in [0.1, 0.15) is 0 Å². The van der Waals surface area contributed by atoms with Crippen molar-refractivity contribution in [3.63, 3.8) is 0 Å². The molecular weight excluding hydrogens is 192 g/mol. The van der Waals surface area contributed by atoms with Gasteiger partial charge in [0.2, 0.25) is 0 Å². The maximum absolute atomic E-state index is 9.63. The predicted molar refractivity (Wildman–Crippen MR) is 59.9 cm³/mol. The van der Waals surface area contributed by atoms with Crippen LogP contribution in [0.1, 0.15) is 24.5 Å². The van der Waals surface area contributed by atoms with Gasteiger partial charge >= 0.3 is 0 Å². The molecule has 3 heteroatoms. The summed E-state index contributed by atoms with van der Waals surface area (Å²) < 4.78 is 5.01. The van der Waals surface area contributed by atoms with Crippen LogP contribution in [0.2, 0.25) is 0 Å². The van der Waals surface area contributed by atoms with Crippen molar-refractivity contribution in [1.29, 1.82) is 0 Å². The molecule has 0 unspecified atom stereocenters. The van der Waals surface area contributed by atoms with Crippen LogP contribution in [0.25, 0.3) is 6.08 Å². The highest BCUT2D eigenvalue weighted by molar-refractivity contribution is 5.58. The van der Waals surface area contributed by atoms with Gasteiger partial charge in [-0.2, -0.15) is 0 Å². The van der Waals surface area contributed by atoms with Gasteiger partial charge < -0.3 is 14.9 Å². The minimum absolute atomic E-state index is 0.00801. The lowest BCUT2D eigenvalue weighted by atomic mass is 10.1. The molecule has 82 valence electrons. The number of aromatic hydroxyl groups is 1. The summed E-state index contributed by atoms with van der Waals surface area (Å²) >= 11 is 0. The van der Waals surface area contributed by atoms with Gasteiger partial charge in [-0.05, 0) is 24.1 Å². The van der Waals surface area contributed by atoms with E-state index in [0.29, 0.717) is 11.3 Å². The van der Waals surface area contributed by atoms with E-state index in [0.717, 1.165) is 12.0 Å². The molecule has 0 radical (unpaired) electrons. The van der Waals surface area contributed by atoms with E-state index >= 15 is 0 Å². The van der Waals surface area contributed by atoms with Crippen molar-refractivity contribution in [3.05, 3.63) is 29.3 Å². The van der Waals surface area contributed by atoms with Crippen LogP contribution in [0, 0.1) is 0 Å². The zero-order valence-electron chi connectivity index (χ0n) is 9.03. The Morgan fingerprint density at radius 2 is 2.13 bits per heavy atom. The first-order valence-corrected chi connectivity index (χ1v) is 4.90. The number of aliphatic hydroxyl groups is 1. The Bertz CT molecular complexity index is 331. The monoisotopic (exact) mass is 208 g/mol. The van der Waals surface area contributed by atoms with Crippen LogP contribution in [-0.2, 0) is 6.61 Å². The first-order valence-electron chi connectivity index (χ1n) is 4.90. The van der Waals surface area contributed by atoms with Crippen molar-refractivity contribution >= 4 is 6.08 Å². The molecule has 0 aromatic heterocycles. The fourth-order valence-electron chi connectivity index (χ4n) is 1.32. The van der Waals surface area contributed by atoms with Crippen molar-refractivity contribution in [1.82, 2.24) is 0 Å². The van der Waals surface area contributed by atoms with Gasteiger partial charge in [0.15, 0.2) is 11.5 Å². The van der Waals surface area contributed by atoms with Crippen LogP contribution in [0.4, 0.5) is 0 Å². The maximum atomic E-state index is 9.63. The van der Waals surface area contributed by atoms with E-state index in [9.17, 15) is 5.11 Å². The molecule has 0 amide bonds. The van der Waals surface area contributed by atoms with Gasteiger partial charge in [-0.25, -0.2) is 0 Å². The molecule has 15 heavy (non-hydrogen) atoms. The average Bonchev–Trinajstić information content (AvgIpc) is 2.27. The fraction of sp³-hybridized carbons (Fsp3) is 0.333. The molecule has 0 spiro atoms. The van der Waals surface area contributed by atoms with Crippen LogP contribution in [-0.4, -0.2) is 17.3 Å². The minimum Gasteiger partial charge on any atom is -0.504 e. The maximum Gasteiger partial charge on any atom is 0.163 e. The molecular formula is C12H16O3. The SMILES string of the molecule is CC/C=C/c1cc(CO)c(O)c(OC)c1. The van der Waals surface area contributed by atoms with Gasteiger partial charge in [0.25, 0.3) is 0 Å². The second-order valence-corrected chi connectivity index (χ2v) is 3.20. The summed E-state index contributed by atoms with van der Waals surface area (Å²) in [6.45, 7) is 1.84. The summed E-state index contributed by atoms with van der Waals surface area (Å²) in [7, 11) is 1.49. The number of aliphatic hydroxyl groups excluding tert-OH is 1. The van der Waals surface area contributed by atoms with Gasteiger partial charge in [-0.15, -0.1) is 0 Å². The largest absolute Gasteiger partial charge is 0.504 e. The third kappa shape index (κ3) is 2.73. The molecule has 0 fully saturated rings. The lowest BCUT2D eigenvalue weighted by Crippen LogP contribution is -1.91. The highest BCUT2D eigenvalue weighted by atomic mass is 16.5. The first kappa shape index (κ1) is 11.6. The van der Waals surface area contributed by atoms with Crippen LogP contribution in [0.15, 0.2) is 18.2 Å². The second kappa shape index (κ2) is 5.41. The van der Waals surface area contributed by atoms with Gasteiger partial charge in [0.05, 0.1) is 13.7 Å². The zero-order chi connectivity index (χ0) is 11.3. The van der Waals surface area contributed by atoms with E-state index in [1.807, 2.05) is 19.1 Å². The number of ether oxygens (including phenoxy) is 1. The summed E-state index contributed by atoms with van der Waals surface area (Å²) in [5, 5.41) is 18.7. The number of hydrogen-bond acceptors (Lipinski definition) is 3. The van der Waals surface area contributed by atoms with Crippen molar-refractivity contribution < 1.29 is 14.9 Å². The number of methoxy groups -OCH3 is 1. The summed E-state index contributed by atoms with van der Waals surface area (Å²) in [5.41, 5.74) is 1.39. The Labute approximate surface area is 89.6 Å². The van der Waals surface area contributed by atoms with Crippen LogP contribution in [0.5, 0.6) is 11.5 Å². The standard InChI is InChI=1S/C12H16O3/c1-3-4-5-9-6-10(8-13)12(14)11(7-9)15-2/h4-7,13-14H,3,8H2,1-2H3/b5-4+. The normalized spacial score (nSPS) is 10.9. The number of phenols is 1. The number of allylic oxidation sites excluding steroid dienone is 1. The molecule has 1 aromatic rings. The highest BCUT2D eigenvalue weighted by Gasteiger charge is 2.08. The van der Waals surface area contributed by atoms with E-state index in [1.54, 1.807) is 12.1 Å². The van der Waals surface area contributed by atoms with Crippen molar-refractivity contribution in [3.8, 4) is 11.5 Å². The van der Waals surface area contributed by atoms with E-state index in [4.69, 9.17) is 9.84 Å². The molecule has 0 atom stereocenters. The van der Waals surface area contributed by atoms with Gasteiger partial charge in [-0.1, -0.05) is 19.1 Å². The third-order valence-corrected chi connectivity index (χ3v) is 2.11. The molecule has 2 N–H and O–H groups in total. The van der Waals surface area contributed by atoms with Gasteiger partial charge in [-0.3, -0.25) is 0 Å². The topological polar surface area (TPSA) is 49.7 Å². The van der Waals surface area contributed by atoms with E-state index in [-0.39, 0.29) is 12.4 Å². The van der Waals surface area contributed by atoms with E-state index < -0.39 is 0 Å². The highest BCUT2D eigenvalue weighted by Crippen LogP contribution is 2.31. The Hall–Kier alpha value is -1.48. The summed E-state index contributed by atoms with van der Waals surface area (Å²) in [5.74, 6) is 0.394. The molecule has 0 saturated carbocycles. The van der Waals surface area contributed by atoms with Crippen LogP contribution in [0.3, 0.4) is 0 Å². The Balaban J connectivity index is 3.14. The molecule has 1 aromatic carbocycles. The second-order valence-electron chi connectivity index (χ2n) is 3.20. The van der Waals surface area contributed by atoms with Crippen LogP contribution >= 0.6 is 0 Å². The molecule has 0 aliphatic heterocycles. The Morgan fingerprint density at radius 3 is 2.67 bits per heavy atom. The number of benzene rings is 1. The molecule has 0 aliphatic carbocycles. The molecule has 1 rings (SSSR count). The van der Waals surface area contributed by atoms with E-state index in [2.05, 4.69) is 0 Å². The fourth-order valence-corrected chi connectivity index (χ4v) is 1.32. The summed E-state index contributed by atoms with van der Waals surface area (Å²) in [6, 6.07) is 3.48. The molecule has 3 nitrogen and oxygen atoms in total. The average molecular weight is 208 g/mol. The Morgan fingerprint density at radius 1 is 1.40 bits per heavy atom. The summed E-state index contributed by atoms with van der Waals surface area (Å²) in [4.78, 5) is 0. The van der Waals surface area contributed by atoms with Gasteiger partial charge in [0, 0.05) is 5.56 Å². The smallest absolute Gasteiger partial charge is 0.163 e. The molecule has 0 saturated heterocycles. The van der Waals surface area contributed by atoms with Crippen molar-refractivity contribution in [2.45, 2.75) is 20.0 Å². The number of rotatable bonds is 4. The van der Waals surface area contributed by atoms with Crippen molar-refractivity contribution in [2.24, 2.45) is 0 Å². The third-order valence-electron chi connectivity index (χ3n) is 2.11. The van der Waals surface area contributed by atoms with Crippen LogP contribution < -0.4 is 4.74 Å². The first-order chi connectivity index (χ1) is 7.22. The molecule has 0 aliphatic rings. The minimum atomic E-state index is -0.198. The number of hydrogen-bond donors (Lipinski definition) is 2. The zero-order valence-corrected chi connectivity index (χ0v) is 9.03. The quantitative estimate of drug-likeness (QED) is 0.798. The Kier molecular flexibility index (Phi) is 4.18. The molecule has 0 heterocycles. The predicted octanol–water partition coefficient (Wildman–Crippen LogP) is 2.32. The molecule has 0 bridgehead atoms.